The molecule has 0 spiro atoms. The van der Waals surface area contributed by atoms with E-state index in [9.17, 15) is 12.8 Å². The molecule has 1 aliphatic carbocycles. The van der Waals surface area contributed by atoms with Crippen LogP contribution in [0.3, 0.4) is 0 Å². The summed E-state index contributed by atoms with van der Waals surface area (Å²) in [7, 11) is -3.90. The fourth-order valence-electron chi connectivity index (χ4n) is 2.36. The predicted octanol–water partition coefficient (Wildman–Crippen LogP) is 2.59. The first kappa shape index (κ1) is 14.4. The molecule has 6 heteroatoms. The van der Waals surface area contributed by atoms with Crippen LogP contribution in [0.2, 0.25) is 0 Å². The number of alkyl halides is 1. The highest BCUT2D eigenvalue weighted by atomic mass is 32.2. The lowest BCUT2D eigenvalue weighted by Gasteiger charge is -2.34. The van der Waals surface area contributed by atoms with Gasteiger partial charge in [0.05, 0.1) is 12.4 Å². The van der Waals surface area contributed by atoms with Gasteiger partial charge >= 0.3 is 0 Å². The van der Waals surface area contributed by atoms with Crippen molar-refractivity contribution < 1.29 is 22.1 Å². The molecule has 0 amide bonds. The van der Waals surface area contributed by atoms with Crippen molar-refractivity contribution in [1.82, 2.24) is 0 Å². The average molecular weight is 288 g/mol. The maximum Gasteiger partial charge on any atom is 0.265 e. The normalized spacial score (nSPS) is 24.7. The van der Waals surface area contributed by atoms with Gasteiger partial charge in [-0.05, 0) is 24.7 Å². The smallest absolute Gasteiger partial charge is 0.265 e. The van der Waals surface area contributed by atoms with Crippen molar-refractivity contribution in [3.8, 4) is 0 Å². The molecule has 1 saturated carbocycles. The summed E-state index contributed by atoms with van der Waals surface area (Å²) in [5.74, 6) is -0.0616. The van der Waals surface area contributed by atoms with E-state index in [1.165, 1.54) is 0 Å². The van der Waals surface area contributed by atoms with Crippen molar-refractivity contribution in [1.29, 1.82) is 0 Å². The summed E-state index contributed by atoms with van der Waals surface area (Å²) in [6.45, 7) is 0.276. The Morgan fingerprint density at radius 1 is 1.26 bits per heavy atom. The molecule has 19 heavy (non-hydrogen) atoms. The number of hydrogen-bond donors (Lipinski definition) is 1. The quantitative estimate of drug-likeness (QED) is 0.817. The van der Waals surface area contributed by atoms with E-state index in [1.807, 2.05) is 6.07 Å². The van der Waals surface area contributed by atoms with E-state index in [0.29, 0.717) is 18.4 Å². The van der Waals surface area contributed by atoms with Crippen LogP contribution in [0.4, 0.5) is 4.39 Å². The molecule has 1 fully saturated rings. The van der Waals surface area contributed by atoms with Crippen LogP contribution in [0.5, 0.6) is 0 Å². The highest BCUT2D eigenvalue weighted by molar-refractivity contribution is 7.85. The molecular weight excluding hydrogens is 271 g/mol. The van der Waals surface area contributed by atoms with Gasteiger partial charge in [-0.2, -0.15) is 8.42 Å². The van der Waals surface area contributed by atoms with Gasteiger partial charge in [0.2, 0.25) is 6.36 Å². The molecule has 1 aliphatic rings. The van der Waals surface area contributed by atoms with Gasteiger partial charge in [-0.25, -0.2) is 4.39 Å². The maximum absolute atomic E-state index is 13.7. The van der Waals surface area contributed by atoms with E-state index < -0.39 is 16.5 Å². The van der Waals surface area contributed by atoms with Crippen LogP contribution >= 0.6 is 0 Å². The minimum Gasteiger partial charge on any atom is -0.344 e. The molecule has 2 rings (SSSR count). The maximum atomic E-state index is 13.7. The molecule has 0 aromatic heterocycles. The largest absolute Gasteiger partial charge is 0.344 e. The molecule has 0 radical (unpaired) electrons. The molecule has 0 bridgehead atoms. The molecular formula is C13H17FO4S. The zero-order valence-electron chi connectivity index (χ0n) is 10.4. The molecule has 1 aromatic carbocycles. The lowest BCUT2D eigenvalue weighted by Crippen LogP contribution is -2.32. The standard InChI is InChI=1S/C13H17FO4S/c14-13(12-4-2-1-3-5-12)18-8-10-6-11(7-10)9-19(15,16)17/h1-5,10-11,13H,6-9H2,(H,15,16,17). The van der Waals surface area contributed by atoms with E-state index in [2.05, 4.69) is 0 Å². The molecule has 1 unspecified atom stereocenters. The number of hydrogen-bond acceptors (Lipinski definition) is 3. The highest BCUT2D eigenvalue weighted by Crippen LogP contribution is 2.35. The van der Waals surface area contributed by atoms with Crippen LogP contribution in [-0.2, 0) is 14.9 Å². The van der Waals surface area contributed by atoms with Gasteiger partial charge in [-0.3, -0.25) is 4.55 Å². The molecule has 4 nitrogen and oxygen atoms in total. The van der Waals surface area contributed by atoms with Gasteiger partial charge in [0.25, 0.3) is 10.1 Å². The van der Waals surface area contributed by atoms with Crippen LogP contribution < -0.4 is 0 Å². The molecule has 0 heterocycles. The van der Waals surface area contributed by atoms with Crippen LogP contribution in [0.25, 0.3) is 0 Å². The minimum absolute atomic E-state index is 0.0293. The van der Waals surface area contributed by atoms with Crippen LogP contribution in [0, 0.1) is 11.8 Å². The topological polar surface area (TPSA) is 63.6 Å². The van der Waals surface area contributed by atoms with Crippen molar-refractivity contribution in [2.24, 2.45) is 11.8 Å². The average Bonchev–Trinajstić information content (AvgIpc) is 2.31. The first-order chi connectivity index (χ1) is 8.94. The highest BCUT2D eigenvalue weighted by Gasteiger charge is 2.32. The molecule has 0 saturated heterocycles. The Balaban J connectivity index is 1.69. The lowest BCUT2D eigenvalue weighted by molar-refractivity contribution is -0.0723. The second kappa shape index (κ2) is 5.98. The molecule has 1 N–H and O–H groups in total. The first-order valence-corrected chi connectivity index (χ1v) is 7.81. The van der Waals surface area contributed by atoms with Gasteiger partial charge in [-0.1, -0.05) is 30.3 Å². The van der Waals surface area contributed by atoms with Gasteiger partial charge in [0, 0.05) is 5.56 Å². The number of benzene rings is 1. The number of rotatable bonds is 6. The second-order valence-electron chi connectivity index (χ2n) is 5.01. The van der Waals surface area contributed by atoms with Crippen molar-refractivity contribution >= 4 is 10.1 Å². The Labute approximate surface area is 112 Å². The fourth-order valence-corrected chi connectivity index (χ4v) is 3.23. The summed E-state index contributed by atoms with van der Waals surface area (Å²) < 4.78 is 48.8. The summed E-state index contributed by atoms with van der Waals surface area (Å²) in [5.41, 5.74) is 0.483. The van der Waals surface area contributed by atoms with Crippen LogP contribution in [0.15, 0.2) is 30.3 Å². The van der Waals surface area contributed by atoms with Crippen LogP contribution in [-0.4, -0.2) is 25.3 Å². The van der Waals surface area contributed by atoms with E-state index >= 15 is 0 Å². The second-order valence-corrected chi connectivity index (χ2v) is 6.51. The third kappa shape index (κ3) is 4.56. The van der Waals surface area contributed by atoms with Gasteiger partial charge in [-0.15, -0.1) is 0 Å². The zero-order chi connectivity index (χ0) is 13.9. The van der Waals surface area contributed by atoms with E-state index in [4.69, 9.17) is 9.29 Å². The Hall–Kier alpha value is -0.980. The Morgan fingerprint density at radius 3 is 2.47 bits per heavy atom. The molecule has 0 aliphatic heterocycles. The Morgan fingerprint density at radius 2 is 1.89 bits per heavy atom. The van der Waals surface area contributed by atoms with Gasteiger partial charge in [0.1, 0.15) is 0 Å². The van der Waals surface area contributed by atoms with E-state index in [1.54, 1.807) is 24.3 Å². The van der Waals surface area contributed by atoms with Crippen molar-refractivity contribution in [3.63, 3.8) is 0 Å². The van der Waals surface area contributed by atoms with Gasteiger partial charge in [0.15, 0.2) is 0 Å². The van der Waals surface area contributed by atoms with Crippen molar-refractivity contribution in [2.75, 3.05) is 12.4 Å². The Kier molecular flexibility index (Phi) is 4.54. The third-order valence-electron chi connectivity index (χ3n) is 3.32. The van der Waals surface area contributed by atoms with E-state index in [0.717, 1.165) is 0 Å². The van der Waals surface area contributed by atoms with Crippen molar-refractivity contribution in [2.45, 2.75) is 19.2 Å². The SMILES string of the molecule is O=S(=O)(O)CC1CC(COC(F)c2ccccc2)C1. The molecule has 106 valence electrons. The van der Waals surface area contributed by atoms with E-state index in [-0.39, 0.29) is 24.2 Å². The fraction of sp³-hybridized carbons (Fsp3) is 0.538. The zero-order valence-corrected chi connectivity index (χ0v) is 11.2. The summed E-state index contributed by atoms with van der Waals surface area (Å²) in [6.07, 6.45) is -0.135. The molecule has 1 aromatic rings. The molecule has 1 atom stereocenters. The number of ether oxygens (including phenoxy) is 1. The summed E-state index contributed by atoms with van der Waals surface area (Å²) in [4.78, 5) is 0. The first-order valence-electron chi connectivity index (χ1n) is 6.20. The number of halogens is 1. The Bertz CT molecular complexity index is 497. The predicted molar refractivity (Wildman–Crippen MR) is 68.9 cm³/mol. The summed E-state index contributed by atoms with van der Waals surface area (Å²) in [6, 6.07) is 8.62. The van der Waals surface area contributed by atoms with Crippen molar-refractivity contribution in [3.05, 3.63) is 35.9 Å². The third-order valence-corrected chi connectivity index (χ3v) is 4.21. The van der Waals surface area contributed by atoms with Crippen LogP contribution in [0.1, 0.15) is 24.8 Å². The summed E-state index contributed by atoms with van der Waals surface area (Å²) >= 11 is 0. The monoisotopic (exact) mass is 288 g/mol. The lowest BCUT2D eigenvalue weighted by atomic mass is 9.76. The minimum atomic E-state index is -3.90. The summed E-state index contributed by atoms with van der Waals surface area (Å²) in [5, 5.41) is 0. The van der Waals surface area contributed by atoms with Gasteiger partial charge < -0.3 is 4.74 Å².